The summed E-state index contributed by atoms with van der Waals surface area (Å²) in [6.07, 6.45) is -0.560. The highest BCUT2D eigenvalue weighted by atomic mass is 79.9. The van der Waals surface area contributed by atoms with Crippen molar-refractivity contribution in [1.82, 2.24) is 0 Å². The maximum atomic E-state index is 9.87. The van der Waals surface area contributed by atoms with Gasteiger partial charge in [0.15, 0.2) is 0 Å². The minimum absolute atomic E-state index is 0.560. The second-order valence-electron chi connectivity index (χ2n) is 4.65. The molecule has 0 amide bonds. The van der Waals surface area contributed by atoms with Crippen molar-refractivity contribution in [1.29, 1.82) is 5.26 Å². The third-order valence-corrected chi connectivity index (χ3v) is 4.72. The molecule has 1 atom stereocenters. The number of halogens is 1. The van der Waals surface area contributed by atoms with Crippen LogP contribution in [0.5, 0.6) is 0 Å². The Balaban J connectivity index is 2.32. The minimum Gasteiger partial charge on any atom is -0.389 e. The van der Waals surface area contributed by atoms with Crippen molar-refractivity contribution in [2.75, 3.05) is 11.9 Å². The molecule has 0 aliphatic rings. The molecule has 0 saturated heterocycles. The van der Waals surface area contributed by atoms with Gasteiger partial charge in [-0.05, 0) is 41.1 Å². The van der Waals surface area contributed by atoms with Crippen molar-refractivity contribution in [2.45, 2.75) is 19.6 Å². The molecule has 0 saturated carbocycles. The zero-order valence-electron chi connectivity index (χ0n) is 11.3. The van der Waals surface area contributed by atoms with Crippen LogP contribution in [0, 0.1) is 11.3 Å². The van der Waals surface area contributed by atoms with Crippen molar-refractivity contribution >= 4 is 33.0 Å². The number of nitriles is 1. The molecule has 20 heavy (non-hydrogen) atoms. The molecule has 0 fully saturated rings. The van der Waals surface area contributed by atoms with E-state index in [0.29, 0.717) is 5.56 Å². The molecule has 5 heteroatoms. The van der Waals surface area contributed by atoms with Gasteiger partial charge in [0.1, 0.15) is 0 Å². The summed E-state index contributed by atoms with van der Waals surface area (Å²) in [5, 5.41) is 21.0. The summed E-state index contributed by atoms with van der Waals surface area (Å²) < 4.78 is 1.08. The number of hydrogen-bond acceptors (Lipinski definition) is 4. The van der Waals surface area contributed by atoms with Crippen molar-refractivity contribution in [3.63, 3.8) is 0 Å². The Morgan fingerprint density at radius 1 is 1.45 bits per heavy atom. The van der Waals surface area contributed by atoms with E-state index in [9.17, 15) is 5.11 Å². The van der Waals surface area contributed by atoms with E-state index in [1.54, 1.807) is 24.3 Å². The van der Waals surface area contributed by atoms with Gasteiger partial charge in [0.2, 0.25) is 0 Å². The van der Waals surface area contributed by atoms with Crippen molar-refractivity contribution in [3.05, 3.63) is 50.1 Å². The first kappa shape index (κ1) is 15.0. The maximum Gasteiger partial charge on any atom is 0.0992 e. The Hall–Kier alpha value is -1.35. The molecule has 1 heterocycles. The second kappa shape index (κ2) is 6.40. The maximum absolute atomic E-state index is 9.87. The molecule has 2 rings (SSSR count). The molecular weight excluding hydrogens is 336 g/mol. The quantitative estimate of drug-likeness (QED) is 0.903. The first-order valence-corrected chi connectivity index (χ1v) is 7.84. The van der Waals surface area contributed by atoms with Crippen molar-refractivity contribution in [3.8, 4) is 6.07 Å². The SMILES string of the molecule is C[C@@H](O)c1ccc(C#N)cc1N(C)Cc1cc(Br)cs1. The van der Waals surface area contributed by atoms with Gasteiger partial charge in [-0.25, -0.2) is 0 Å². The van der Waals surface area contributed by atoms with Gasteiger partial charge in [-0.2, -0.15) is 5.26 Å². The fraction of sp³-hybridized carbons (Fsp3) is 0.267. The Bertz CT molecular complexity index is 646. The van der Waals surface area contributed by atoms with Crippen LogP contribution in [0.2, 0.25) is 0 Å². The molecule has 0 radical (unpaired) electrons. The Morgan fingerprint density at radius 2 is 2.20 bits per heavy atom. The molecule has 1 N–H and O–H groups in total. The van der Waals surface area contributed by atoms with Crippen LogP contribution in [0.3, 0.4) is 0 Å². The fourth-order valence-electron chi connectivity index (χ4n) is 2.05. The molecule has 1 aromatic carbocycles. The van der Waals surface area contributed by atoms with Gasteiger partial charge in [-0.3, -0.25) is 0 Å². The fourth-order valence-corrected chi connectivity index (χ4v) is 3.56. The Labute approximate surface area is 131 Å². The number of nitrogens with zero attached hydrogens (tertiary/aromatic N) is 2. The van der Waals surface area contributed by atoms with Crippen LogP contribution in [-0.2, 0) is 6.54 Å². The predicted molar refractivity (Wildman–Crippen MR) is 85.9 cm³/mol. The van der Waals surface area contributed by atoms with E-state index in [-0.39, 0.29) is 0 Å². The lowest BCUT2D eigenvalue weighted by atomic mass is 10.0. The van der Waals surface area contributed by atoms with Crippen LogP contribution in [0.25, 0.3) is 0 Å². The molecular formula is C15H15BrN2OS. The van der Waals surface area contributed by atoms with Crippen molar-refractivity contribution in [2.24, 2.45) is 0 Å². The molecule has 0 bridgehead atoms. The molecule has 3 nitrogen and oxygen atoms in total. The normalized spacial score (nSPS) is 11.9. The number of aliphatic hydroxyl groups excluding tert-OH is 1. The molecule has 104 valence electrons. The lowest BCUT2D eigenvalue weighted by molar-refractivity contribution is 0.199. The topological polar surface area (TPSA) is 47.3 Å². The monoisotopic (exact) mass is 350 g/mol. The molecule has 1 aromatic heterocycles. The van der Waals surface area contributed by atoms with Gasteiger partial charge in [0.05, 0.1) is 24.3 Å². The number of hydrogen-bond donors (Lipinski definition) is 1. The van der Waals surface area contributed by atoms with E-state index < -0.39 is 6.10 Å². The van der Waals surface area contributed by atoms with Crippen LogP contribution in [-0.4, -0.2) is 12.2 Å². The summed E-state index contributed by atoms with van der Waals surface area (Å²) in [6, 6.07) is 9.60. The molecule has 0 spiro atoms. The summed E-state index contributed by atoms with van der Waals surface area (Å²) in [4.78, 5) is 3.28. The van der Waals surface area contributed by atoms with Crippen LogP contribution >= 0.6 is 27.3 Å². The summed E-state index contributed by atoms with van der Waals surface area (Å²) in [5.74, 6) is 0. The zero-order valence-corrected chi connectivity index (χ0v) is 13.7. The van der Waals surface area contributed by atoms with Gasteiger partial charge < -0.3 is 10.0 Å². The number of anilines is 1. The number of thiophene rings is 1. The third-order valence-electron chi connectivity index (χ3n) is 3.04. The van der Waals surface area contributed by atoms with E-state index in [4.69, 9.17) is 5.26 Å². The van der Waals surface area contributed by atoms with Gasteiger partial charge in [0, 0.05) is 33.0 Å². The lowest BCUT2D eigenvalue weighted by Crippen LogP contribution is -2.18. The first-order valence-electron chi connectivity index (χ1n) is 6.17. The smallest absolute Gasteiger partial charge is 0.0992 e. The number of rotatable bonds is 4. The summed E-state index contributed by atoms with van der Waals surface area (Å²) in [5.41, 5.74) is 2.33. The summed E-state index contributed by atoms with van der Waals surface area (Å²) in [6.45, 7) is 2.48. The highest BCUT2D eigenvalue weighted by Gasteiger charge is 2.13. The Morgan fingerprint density at radius 3 is 2.75 bits per heavy atom. The second-order valence-corrected chi connectivity index (χ2v) is 6.56. The standard InChI is InChI=1S/C15H15BrN2OS/c1-10(19)14-4-3-11(7-17)5-15(14)18(2)8-13-6-12(16)9-20-13/h3-6,9-10,19H,8H2,1-2H3/t10-/m1/s1. The van der Waals surface area contributed by atoms with Crippen LogP contribution in [0.15, 0.2) is 34.1 Å². The van der Waals surface area contributed by atoms with Crippen LogP contribution < -0.4 is 4.90 Å². The minimum atomic E-state index is -0.560. The molecule has 2 aromatic rings. The van der Waals surface area contributed by atoms with Crippen LogP contribution in [0.4, 0.5) is 5.69 Å². The highest BCUT2D eigenvalue weighted by Crippen LogP contribution is 2.29. The number of benzene rings is 1. The van der Waals surface area contributed by atoms with E-state index in [0.717, 1.165) is 22.3 Å². The van der Waals surface area contributed by atoms with Crippen LogP contribution in [0.1, 0.15) is 29.0 Å². The molecule has 0 aliphatic heterocycles. The highest BCUT2D eigenvalue weighted by molar-refractivity contribution is 9.10. The average Bonchev–Trinajstić information content (AvgIpc) is 2.83. The molecule has 0 aliphatic carbocycles. The van der Waals surface area contributed by atoms with E-state index in [2.05, 4.69) is 33.0 Å². The predicted octanol–water partition coefficient (Wildman–Crippen LogP) is 4.07. The summed E-state index contributed by atoms with van der Waals surface area (Å²) in [7, 11) is 1.97. The molecule has 0 unspecified atom stereocenters. The third kappa shape index (κ3) is 3.40. The average molecular weight is 351 g/mol. The van der Waals surface area contributed by atoms with Gasteiger partial charge in [-0.1, -0.05) is 6.07 Å². The van der Waals surface area contributed by atoms with E-state index in [1.165, 1.54) is 4.88 Å². The van der Waals surface area contributed by atoms with Gasteiger partial charge >= 0.3 is 0 Å². The van der Waals surface area contributed by atoms with E-state index in [1.807, 2.05) is 24.6 Å². The Kier molecular flexibility index (Phi) is 4.81. The zero-order chi connectivity index (χ0) is 14.7. The van der Waals surface area contributed by atoms with Gasteiger partial charge in [-0.15, -0.1) is 11.3 Å². The van der Waals surface area contributed by atoms with Crippen molar-refractivity contribution < 1.29 is 5.11 Å². The van der Waals surface area contributed by atoms with Gasteiger partial charge in [0.25, 0.3) is 0 Å². The first-order chi connectivity index (χ1) is 9.51. The lowest BCUT2D eigenvalue weighted by Gasteiger charge is -2.23. The van der Waals surface area contributed by atoms with E-state index >= 15 is 0 Å². The summed E-state index contributed by atoms with van der Waals surface area (Å²) >= 11 is 5.13. The largest absolute Gasteiger partial charge is 0.389 e. The number of aliphatic hydroxyl groups is 1.